The van der Waals surface area contributed by atoms with Gasteiger partial charge in [-0.15, -0.1) is 23.1 Å². The van der Waals surface area contributed by atoms with Crippen LogP contribution in [-0.2, 0) is 9.59 Å². The van der Waals surface area contributed by atoms with Crippen LogP contribution in [0.2, 0.25) is 5.02 Å². The first-order valence-electron chi connectivity index (χ1n) is 10.6. The third-order valence-corrected chi connectivity index (χ3v) is 8.42. The van der Waals surface area contributed by atoms with Crippen molar-refractivity contribution in [1.29, 1.82) is 0 Å². The van der Waals surface area contributed by atoms with Crippen LogP contribution in [-0.4, -0.2) is 39.1 Å². The van der Waals surface area contributed by atoms with Crippen LogP contribution in [0.4, 0.5) is 5.82 Å². The van der Waals surface area contributed by atoms with Crippen molar-refractivity contribution in [3.05, 3.63) is 87.1 Å². The predicted molar refractivity (Wildman–Crippen MR) is 137 cm³/mol. The van der Waals surface area contributed by atoms with Crippen molar-refractivity contribution in [3.8, 4) is 16.9 Å². The highest BCUT2D eigenvalue weighted by Gasteiger charge is 2.38. The normalized spacial score (nSPS) is 15.8. The Labute approximate surface area is 209 Å². The number of halogens is 1. The van der Waals surface area contributed by atoms with Crippen molar-refractivity contribution in [3.63, 3.8) is 0 Å². The smallest absolute Gasteiger partial charge is 0.323 e. The van der Waals surface area contributed by atoms with E-state index in [2.05, 4.69) is 13.0 Å². The summed E-state index contributed by atoms with van der Waals surface area (Å²) in [4.78, 5) is 27.6. The van der Waals surface area contributed by atoms with Gasteiger partial charge in [0.25, 0.3) is 0 Å². The second-order valence-electron chi connectivity index (χ2n) is 7.85. The van der Waals surface area contributed by atoms with Gasteiger partial charge in [0.1, 0.15) is 12.4 Å². The SMILES string of the molecule is Cc1ccsc1C1SCC(=O)N(CC(=O)O)c2c1c(-c1ccccc1)nn2-c1ccccc1Cl. The Hall–Kier alpha value is -3.07. The molecule has 0 bridgehead atoms. The summed E-state index contributed by atoms with van der Waals surface area (Å²) in [7, 11) is 0. The van der Waals surface area contributed by atoms with Gasteiger partial charge in [-0.05, 0) is 36.1 Å². The van der Waals surface area contributed by atoms with Crippen LogP contribution in [0, 0.1) is 6.92 Å². The molecule has 0 fully saturated rings. The van der Waals surface area contributed by atoms with Gasteiger partial charge >= 0.3 is 5.97 Å². The molecule has 34 heavy (non-hydrogen) atoms. The van der Waals surface area contributed by atoms with Crippen LogP contribution >= 0.6 is 34.7 Å². The molecule has 1 amide bonds. The van der Waals surface area contributed by atoms with Gasteiger partial charge in [0.15, 0.2) is 0 Å². The van der Waals surface area contributed by atoms with Gasteiger partial charge in [-0.25, -0.2) is 4.68 Å². The van der Waals surface area contributed by atoms with Crippen LogP contribution < -0.4 is 4.90 Å². The molecule has 5 rings (SSSR count). The van der Waals surface area contributed by atoms with Crippen molar-refractivity contribution in [2.45, 2.75) is 12.2 Å². The Morgan fingerprint density at radius 3 is 2.56 bits per heavy atom. The van der Waals surface area contributed by atoms with E-state index < -0.39 is 12.5 Å². The zero-order valence-electron chi connectivity index (χ0n) is 18.1. The van der Waals surface area contributed by atoms with Gasteiger partial charge in [-0.1, -0.05) is 54.1 Å². The van der Waals surface area contributed by atoms with E-state index in [-0.39, 0.29) is 16.9 Å². The average Bonchev–Trinajstić information content (AvgIpc) is 3.39. The van der Waals surface area contributed by atoms with Crippen molar-refractivity contribution < 1.29 is 14.7 Å². The molecule has 9 heteroatoms. The van der Waals surface area contributed by atoms with Crippen molar-refractivity contribution >= 4 is 52.4 Å². The maximum absolute atomic E-state index is 13.3. The number of aliphatic carboxylic acids is 1. The molecule has 0 radical (unpaired) electrons. The average molecular weight is 510 g/mol. The van der Waals surface area contributed by atoms with E-state index in [1.807, 2.05) is 53.9 Å². The number of carboxylic acids is 1. The molecule has 1 N–H and O–H groups in total. The fraction of sp³-hybridized carbons (Fsp3) is 0.160. The highest BCUT2D eigenvalue weighted by molar-refractivity contribution is 8.00. The number of fused-ring (bicyclic) bond motifs is 1. The number of thiophene rings is 1. The summed E-state index contributed by atoms with van der Waals surface area (Å²) in [5, 5.41) is 16.9. The molecule has 2 aromatic carbocycles. The monoisotopic (exact) mass is 509 g/mol. The van der Waals surface area contributed by atoms with Crippen LogP contribution in [0.25, 0.3) is 16.9 Å². The minimum Gasteiger partial charge on any atom is -0.480 e. The van der Waals surface area contributed by atoms with Gasteiger partial charge in [-0.3, -0.25) is 14.5 Å². The lowest BCUT2D eigenvalue weighted by Crippen LogP contribution is -2.38. The summed E-state index contributed by atoms with van der Waals surface area (Å²) in [5.74, 6) is -0.774. The molecule has 1 aliphatic rings. The second kappa shape index (κ2) is 9.29. The van der Waals surface area contributed by atoms with Crippen LogP contribution in [0.15, 0.2) is 66.0 Å². The molecule has 0 spiro atoms. The third-order valence-electron chi connectivity index (χ3n) is 5.65. The molecule has 3 heterocycles. The Morgan fingerprint density at radius 2 is 1.88 bits per heavy atom. The maximum Gasteiger partial charge on any atom is 0.323 e. The maximum atomic E-state index is 13.3. The Bertz CT molecular complexity index is 1380. The Morgan fingerprint density at radius 1 is 1.15 bits per heavy atom. The van der Waals surface area contributed by atoms with Crippen LogP contribution in [0.5, 0.6) is 0 Å². The number of hydrogen-bond acceptors (Lipinski definition) is 5. The minimum absolute atomic E-state index is 0.153. The van der Waals surface area contributed by atoms with E-state index in [0.29, 0.717) is 22.2 Å². The summed E-state index contributed by atoms with van der Waals surface area (Å²) in [6.45, 7) is 1.58. The number of para-hydroxylation sites is 1. The largest absolute Gasteiger partial charge is 0.480 e. The quantitative estimate of drug-likeness (QED) is 0.367. The lowest BCUT2D eigenvalue weighted by molar-refractivity contribution is -0.136. The molecule has 1 atom stereocenters. The number of rotatable bonds is 5. The molecular formula is C25H20ClN3O3S2. The minimum atomic E-state index is -1.09. The van der Waals surface area contributed by atoms with Crippen molar-refractivity contribution in [1.82, 2.24) is 9.78 Å². The molecule has 2 aromatic heterocycles. The first kappa shape index (κ1) is 22.7. The molecule has 1 unspecified atom stereocenters. The summed E-state index contributed by atoms with van der Waals surface area (Å²) < 4.78 is 1.63. The molecule has 0 aliphatic carbocycles. The number of aryl methyl sites for hydroxylation is 1. The van der Waals surface area contributed by atoms with E-state index >= 15 is 0 Å². The number of aromatic nitrogens is 2. The number of thioether (sulfide) groups is 1. The van der Waals surface area contributed by atoms with Gasteiger partial charge in [0.05, 0.1) is 27.4 Å². The molecule has 6 nitrogen and oxygen atoms in total. The standard InChI is InChI=1S/C25H20ClN3O3S2/c1-15-11-12-33-23(15)24-21-22(16-7-3-2-4-8-16)27-29(18-10-6-5-9-17(18)26)25(21)28(13-20(31)32)19(30)14-34-24/h2-12,24H,13-14H2,1H3,(H,31,32). The zero-order valence-corrected chi connectivity index (χ0v) is 20.5. The summed E-state index contributed by atoms with van der Waals surface area (Å²) >= 11 is 9.69. The van der Waals surface area contributed by atoms with Gasteiger partial charge in [-0.2, -0.15) is 5.10 Å². The molecule has 1 aliphatic heterocycles. The van der Waals surface area contributed by atoms with E-state index in [1.165, 1.54) is 16.7 Å². The van der Waals surface area contributed by atoms with E-state index in [1.54, 1.807) is 22.1 Å². The van der Waals surface area contributed by atoms with Crippen molar-refractivity contribution in [2.75, 3.05) is 17.2 Å². The topological polar surface area (TPSA) is 75.4 Å². The summed E-state index contributed by atoms with van der Waals surface area (Å²) in [6, 6.07) is 19.0. The van der Waals surface area contributed by atoms with E-state index in [9.17, 15) is 14.7 Å². The third kappa shape index (κ3) is 4.02. The predicted octanol–water partition coefficient (Wildman–Crippen LogP) is 5.82. The number of anilines is 1. The number of carbonyl (C=O) groups is 2. The number of carboxylic acid groups (broad SMARTS) is 1. The van der Waals surface area contributed by atoms with E-state index in [4.69, 9.17) is 16.7 Å². The number of benzene rings is 2. The molecule has 4 aromatic rings. The molecular weight excluding hydrogens is 490 g/mol. The molecule has 0 saturated carbocycles. The lowest BCUT2D eigenvalue weighted by Gasteiger charge is -2.22. The zero-order chi connectivity index (χ0) is 23.8. The molecule has 172 valence electrons. The van der Waals surface area contributed by atoms with Gasteiger partial charge < -0.3 is 5.11 Å². The number of nitrogens with zero attached hydrogens (tertiary/aromatic N) is 3. The fourth-order valence-corrected chi connectivity index (χ4v) is 6.80. The summed E-state index contributed by atoms with van der Waals surface area (Å²) in [5.41, 5.74) is 4.10. The van der Waals surface area contributed by atoms with Crippen LogP contribution in [0.3, 0.4) is 0 Å². The van der Waals surface area contributed by atoms with E-state index in [0.717, 1.165) is 21.6 Å². The Balaban J connectivity index is 1.88. The van der Waals surface area contributed by atoms with Gasteiger partial charge in [0, 0.05) is 16.0 Å². The highest BCUT2D eigenvalue weighted by atomic mass is 35.5. The second-order valence-corrected chi connectivity index (χ2v) is 10.3. The highest BCUT2D eigenvalue weighted by Crippen LogP contribution is 2.50. The number of hydrogen-bond donors (Lipinski definition) is 1. The Kier molecular flexibility index (Phi) is 6.20. The molecule has 0 saturated heterocycles. The van der Waals surface area contributed by atoms with Gasteiger partial charge in [0.2, 0.25) is 5.91 Å². The number of carbonyl (C=O) groups excluding carboxylic acids is 1. The van der Waals surface area contributed by atoms with Crippen molar-refractivity contribution in [2.24, 2.45) is 0 Å². The first-order chi connectivity index (χ1) is 16.5. The van der Waals surface area contributed by atoms with Crippen LogP contribution in [0.1, 0.15) is 21.3 Å². The number of amides is 1. The summed E-state index contributed by atoms with van der Waals surface area (Å²) in [6.07, 6.45) is 0. The fourth-order valence-electron chi connectivity index (χ4n) is 4.12. The first-order valence-corrected chi connectivity index (χ1v) is 12.9. The lowest BCUT2D eigenvalue weighted by atomic mass is 10.0.